The Bertz CT molecular complexity index is 472. The number of likely N-dealkylation sites (N-methyl/N-ethyl adjacent to an activating group) is 1. The number of aryl methyl sites for hydroxylation is 3. The van der Waals surface area contributed by atoms with Crippen LogP contribution in [0.2, 0.25) is 0 Å². The molecule has 90 valence electrons. The van der Waals surface area contributed by atoms with Gasteiger partial charge in [-0.15, -0.1) is 0 Å². The van der Waals surface area contributed by atoms with Crippen LogP contribution in [-0.4, -0.2) is 30.8 Å². The molecule has 0 bridgehead atoms. The van der Waals surface area contributed by atoms with Gasteiger partial charge in [0.25, 0.3) is 5.91 Å². The smallest absolute Gasteiger partial charge is 0.255 e. The molecule has 1 aromatic rings. The molecule has 0 fully saturated rings. The quantitative estimate of drug-likeness (QED) is 0.567. The monoisotopic (exact) mass is 230 g/mol. The van der Waals surface area contributed by atoms with Gasteiger partial charge in [0.05, 0.1) is 11.8 Å². The van der Waals surface area contributed by atoms with Gasteiger partial charge in [-0.3, -0.25) is 4.79 Å². The predicted octanol–water partition coefficient (Wildman–Crippen LogP) is 2.56. The summed E-state index contributed by atoms with van der Waals surface area (Å²) in [6.45, 7) is 6.07. The number of hydrogen-bond acceptors (Lipinski definition) is 2. The molecule has 0 saturated heterocycles. The maximum absolute atomic E-state index is 11.3. The first kappa shape index (κ1) is 13.2. The maximum Gasteiger partial charge on any atom is 0.255 e. The molecule has 3 nitrogen and oxygen atoms in total. The normalized spacial score (nSPS) is 9.47. The average Bonchev–Trinajstić information content (AvgIpc) is 2.21. The van der Waals surface area contributed by atoms with E-state index < -0.39 is 0 Å². The van der Waals surface area contributed by atoms with Gasteiger partial charge >= 0.3 is 0 Å². The molecule has 0 aliphatic heterocycles. The zero-order valence-electron chi connectivity index (χ0n) is 11.0. The number of amides is 1. The Kier molecular flexibility index (Phi) is 4.24. The molecule has 1 rings (SSSR count). The van der Waals surface area contributed by atoms with Gasteiger partial charge in [-0.2, -0.15) is 0 Å². The van der Waals surface area contributed by atoms with Crippen molar-refractivity contribution >= 4 is 17.5 Å². The van der Waals surface area contributed by atoms with E-state index in [2.05, 4.69) is 29.9 Å². The summed E-state index contributed by atoms with van der Waals surface area (Å²) in [7, 11) is 3.39. The van der Waals surface area contributed by atoms with E-state index in [4.69, 9.17) is 0 Å². The van der Waals surface area contributed by atoms with Crippen molar-refractivity contribution in [3.8, 4) is 0 Å². The van der Waals surface area contributed by atoms with Crippen LogP contribution in [0.1, 0.15) is 16.7 Å². The number of carbonyl (C=O) groups excluding carboxylic acids is 1. The van der Waals surface area contributed by atoms with Crippen molar-refractivity contribution in [1.82, 2.24) is 4.90 Å². The molecular weight excluding hydrogens is 212 g/mol. The fourth-order valence-electron chi connectivity index (χ4n) is 1.63. The molecule has 0 saturated carbocycles. The van der Waals surface area contributed by atoms with E-state index in [1.165, 1.54) is 16.5 Å². The third-order valence-corrected chi connectivity index (χ3v) is 2.44. The van der Waals surface area contributed by atoms with Crippen LogP contribution in [0.4, 0.5) is 5.69 Å². The van der Waals surface area contributed by atoms with Gasteiger partial charge < -0.3 is 4.90 Å². The van der Waals surface area contributed by atoms with Crippen molar-refractivity contribution in [2.45, 2.75) is 20.8 Å². The van der Waals surface area contributed by atoms with Gasteiger partial charge in [-0.1, -0.05) is 17.7 Å². The minimum absolute atomic E-state index is 0.115. The Labute approximate surface area is 102 Å². The summed E-state index contributed by atoms with van der Waals surface area (Å²) in [5.74, 6) is 2.58. The van der Waals surface area contributed by atoms with Crippen LogP contribution in [0.3, 0.4) is 0 Å². The lowest BCUT2D eigenvalue weighted by Gasteiger charge is -2.05. The van der Waals surface area contributed by atoms with Gasteiger partial charge in [0.1, 0.15) is 0 Å². The lowest BCUT2D eigenvalue weighted by atomic mass is 10.1. The van der Waals surface area contributed by atoms with Crippen molar-refractivity contribution in [1.29, 1.82) is 0 Å². The lowest BCUT2D eigenvalue weighted by molar-refractivity contribution is -0.123. The number of hydrogen-bond donors (Lipinski definition) is 0. The summed E-state index contributed by atoms with van der Waals surface area (Å²) >= 11 is 0. The second-order valence-corrected chi connectivity index (χ2v) is 4.37. The Morgan fingerprint density at radius 3 is 2.24 bits per heavy atom. The first-order valence-corrected chi connectivity index (χ1v) is 5.50. The first-order valence-electron chi connectivity index (χ1n) is 5.50. The standard InChI is InChI=1S/C14H18N2O/c1-10-8-11(2)14(12(3)9-10)15-7-6-13(17)16(4)5/h6,8-9H,1-5H3. The maximum atomic E-state index is 11.3. The van der Waals surface area contributed by atoms with Crippen LogP contribution in [0.15, 0.2) is 23.2 Å². The highest BCUT2D eigenvalue weighted by Gasteiger charge is 2.01. The van der Waals surface area contributed by atoms with E-state index in [0.29, 0.717) is 0 Å². The first-order chi connectivity index (χ1) is 7.91. The number of carbonyl (C=O) groups is 1. The predicted molar refractivity (Wildman–Crippen MR) is 71.0 cm³/mol. The van der Waals surface area contributed by atoms with Crippen LogP contribution in [0.25, 0.3) is 0 Å². The van der Waals surface area contributed by atoms with E-state index in [0.717, 1.165) is 16.8 Å². The third-order valence-electron chi connectivity index (χ3n) is 2.44. The highest BCUT2D eigenvalue weighted by Crippen LogP contribution is 2.24. The second-order valence-electron chi connectivity index (χ2n) is 4.37. The summed E-state index contributed by atoms with van der Waals surface area (Å²) in [5, 5.41) is 0. The fraction of sp³-hybridized carbons (Fsp3) is 0.357. The molecule has 0 atom stereocenters. The SMILES string of the molecule is Cc1cc(C)c(N=C=CC(=O)N(C)C)c(C)c1. The van der Waals surface area contributed by atoms with Crippen molar-refractivity contribution in [2.24, 2.45) is 4.99 Å². The summed E-state index contributed by atoms with van der Waals surface area (Å²) in [4.78, 5) is 17.0. The van der Waals surface area contributed by atoms with Gasteiger partial charge in [-0.05, 0) is 37.8 Å². The Balaban J connectivity index is 3.04. The van der Waals surface area contributed by atoms with Gasteiger partial charge in [0.2, 0.25) is 0 Å². The zero-order valence-corrected chi connectivity index (χ0v) is 11.0. The lowest BCUT2D eigenvalue weighted by Crippen LogP contribution is -2.18. The largest absolute Gasteiger partial charge is 0.345 e. The van der Waals surface area contributed by atoms with Gasteiger partial charge in [-0.25, -0.2) is 4.99 Å². The Hall–Kier alpha value is -1.86. The second kappa shape index (κ2) is 5.46. The van der Waals surface area contributed by atoms with Crippen molar-refractivity contribution in [2.75, 3.05) is 14.1 Å². The number of aliphatic imine (C=N–C) groups is 1. The van der Waals surface area contributed by atoms with Gasteiger partial charge in [0.15, 0.2) is 0 Å². The van der Waals surface area contributed by atoms with Crippen LogP contribution in [0, 0.1) is 20.8 Å². The number of benzene rings is 1. The summed E-state index contributed by atoms with van der Waals surface area (Å²) < 4.78 is 0. The molecule has 0 aliphatic rings. The molecule has 1 amide bonds. The Morgan fingerprint density at radius 2 is 1.76 bits per heavy atom. The molecule has 3 heteroatoms. The fourth-order valence-corrected chi connectivity index (χ4v) is 1.63. The molecule has 17 heavy (non-hydrogen) atoms. The molecule has 1 aromatic carbocycles. The van der Waals surface area contributed by atoms with Crippen molar-refractivity contribution < 1.29 is 4.79 Å². The van der Waals surface area contributed by atoms with Crippen molar-refractivity contribution in [3.63, 3.8) is 0 Å². The minimum atomic E-state index is -0.115. The summed E-state index contributed by atoms with van der Waals surface area (Å²) in [5.41, 5.74) is 4.30. The highest BCUT2D eigenvalue weighted by atomic mass is 16.2. The minimum Gasteiger partial charge on any atom is -0.345 e. The van der Waals surface area contributed by atoms with E-state index in [1.54, 1.807) is 14.1 Å². The molecule has 0 aromatic heterocycles. The van der Waals surface area contributed by atoms with Crippen LogP contribution >= 0.6 is 0 Å². The molecule has 0 heterocycles. The number of rotatable bonds is 2. The zero-order chi connectivity index (χ0) is 13.0. The highest BCUT2D eigenvalue weighted by molar-refractivity contribution is 5.95. The molecule has 0 spiro atoms. The van der Waals surface area contributed by atoms with Gasteiger partial charge in [0, 0.05) is 14.1 Å². The molecule has 0 aliphatic carbocycles. The third kappa shape index (κ3) is 3.58. The number of nitrogens with zero attached hydrogens (tertiary/aromatic N) is 2. The van der Waals surface area contributed by atoms with E-state index in [9.17, 15) is 4.79 Å². The summed E-state index contributed by atoms with van der Waals surface area (Å²) in [6.07, 6.45) is 1.35. The average molecular weight is 230 g/mol. The van der Waals surface area contributed by atoms with E-state index >= 15 is 0 Å². The molecule has 0 unspecified atom stereocenters. The van der Waals surface area contributed by atoms with E-state index in [1.807, 2.05) is 13.8 Å². The summed E-state index contributed by atoms with van der Waals surface area (Å²) in [6, 6.07) is 4.14. The molecule has 0 N–H and O–H groups in total. The molecular formula is C14H18N2O. The van der Waals surface area contributed by atoms with Crippen LogP contribution in [0.5, 0.6) is 0 Å². The van der Waals surface area contributed by atoms with Crippen LogP contribution in [-0.2, 0) is 4.79 Å². The van der Waals surface area contributed by atoms with Crippen molar-refractivity contribution in [3.05, 3.63) is 34.9 Å². The molecule has 0 radical (unpaired) electrons. The van der Waals surface area contributed by atoms with E-state index in [-0.39, 0.29) is 5.91 Å². The Morgan fingerprint density at radius 1 is 1.24 bits per heavy atom. The van der Waals surface area contributed by atoms with Crippen LogP contribution < -0.4 is 0 Å². The topological polar surface area (TPSA) is 32.7 Å².